The summed E-state index contributed by atoms with van der Waals surface area (Å²) in [5.41, 5.74) is 5.72. The van der Waals surface area contributed by atoms with E-state index in [-0.39, 0.29) is 0 Å². The Labute approximate surface area is 83.3 Å². The SMILES string of the molecule is NCC1CCCCN1c1cncnn1. The lowest BCUT2D eigenvalue weighted by molar-refractivity contribution is 0.460. The smallest absolute Gasteiger partial charge is 0.170 e. The molecule has 5 nitrogen and oxygen atoms in total. The van der Waals surface area contributed by atoms with E-state index in [1.807, 2.05) is 0 Å². The van der Waals surface area contributed by atoms with Gasteiger partial charge in [0.15, 0.2) is 5.82 Å². The summed E-state index contributed by atoms with van der Waals surface area (Å²) in [6.07, 6.45) is 6.80. The molecule has 1 aliphatic rings. The van der Waals surface area contributed by atoms with Crippen molar-refractivity contribution in [3.05, 3.63) is 12.5 Å². The molecule has 0 aromatic carbocycles. The summed E-state index contributed by atoms with van der Waals surface area (Å²) >= 11 is 0. The Balaban J connectivity index is 2.15. The monoisotopic (exact) mass is 193 g/mol. The minimum atomic E-state index is 0.405. The Bertz CT molecular complexity index is 276. The number of aromatic nitrogens is 3. The third-order valence-electron chi connectivity index (χ3n) is 2.66. The number of anilines is 1. The van der Waals surface area contributed by atoms with E-state index in [0.717, 1.165) is 18.8 Å². The molecule has 0 spiro atoms. The van der Waals surface area contributed by atoms with Crippen molar-refractivity contribution in [1.82, 2.24) is 15.2 Å². The molecule has 1 aliphatic heterocycles. The second-order valence-corrected chi connectivity index (χ2v) is 3.55. The van der Waals surface area contributed by atoms with Crippen LogP contribution < -0.4 is 10.6 Å². The van der Waals surface area contributed by atoms with Gasteiger partial charge in [-0.1, -0.05) is 0 Å². The lowest BCUT2D eigenvalue weighted by Crippen LogP contribution is -2.44. The minimum Gasteiger partial charge on any atom is -0.350 e. The van der Waals surface area contributed by atoms with Crippen LogP contribution >= 0.6 is 0 Å². The van der Waals surface area contributed by atoms with Gasteiger partial charge in [0, 0.05) is 19.1 Å². The van der Waals surface area contributed by atoms with Crippen molar-refractivity contribution in [2.45, 2.75) is 25.3 Å². The maximum Gasteiger partial charge on any atom is 0.170 e. The standard InChI is InChI=1S/C9H15N5/c10-5-8-3-1-2-4-14(8)9-6-11-7-12-13-9/h6-8H,1-5,10H2. The first kappa shape index (κ1) is 9.33. The topological polar surface area (TPSA) is 67.9 Å². The number of piperidine rings is 1. The second-order valence-electron chi connectivity index (χ2n) is 3.55. The summed E-state index contributed by atoms with van der Waals surface area (Å²) in [7, 11) is 0. The third kappa shape index (κ3) is 1.82. The van der Waals surface area contributed by atoms with Crippen LogP contribution in [0, 0.1) is 0 Å². The van der Waals surface area contributed by atoms with Crippen molar-refractivity contribution in [3.63, 3.8) is 0 Å². The van der Waals surface area contributed by atoms with Gasteiger partial charge in [0.05, 0.1) is 6.20 Å². The van der Waals surface area contributed by atoms with E-state index in [4.69, 9.17) is 5.73 Å². The fourth-order valence-corrected chi connectivity index (χ4v) is 1.92. The summed E-state index contributed by atoms with van der Waals surface area (Å²) in [6, 6.07) is 0.405. The van der Waals surface area contributed by atoms with Crippen LogP contribution in [-0.4, -0.2) is 34.3 Å². The Kier molecular flexibility index (Phi) is 2.88. The average Bonchev–Trinajstić information content (AvgIpc) is 2.30. The highest BCUT2D eigenvalue weighted by Gasteiger charge is 2.22. The van der Waals surface area contributed by atoms with E-state index in [2.05, 4.69) is 20.1 Å². The molecule has 1 unspecified atom stereocenters. The van der Waals surface area contributed by atoms with Crippen LogP contribution in [0.1, 0.15) is 19.3 Å². The van der Waals surface area contributed by atoms with E-state index < -0.39 is 0 Å². The van der Waals surface area contributed by atoms with Crippen molar-refractivity contribution in [2.24, 2.45) is 5.73 Å². The van der Waals surface area contributed by atoms with Crippen LogP contribution in [-0.2, 0) is 0 Å². The van der Waals surface area contributed by atoms with Crippen molar-refractivity contribution in [1.29, 1.82) is 0 Å². The molecule has 2 heterocycles. The summed E-state index contributed by atoms with van der Waals surface area (Å²) in [5.74, 6) is 0.850. The van der Waals surface area contributed by atoms with Gasteiger partial charge >= 0.3 is 0 Å². The number of rotatable bonds is 2. The molecule has 2 N–H and O–H groups in total. The molecule has 0 amide bonds. The van der Waals surface area contributed by atoms with Gasteiger partial charge in [0.25, 0.3) is 0 Å². The van der Waals surface area contributed by atoms with Gasteiger partial charge in [-0.2, -0.15) is 0 Å². The maximum atomic E-state index is 5.72. The zero-order valence-electron chi connectivity index (χ0n) is 8.13. The minimum absolute atomic E-state index is 0.405. The maximum absolute atomic E-state index is 5.72. The van der Waals surface area contributed by atoms with Crippen LogP contribution in [0.4, 0.5) is 5.82 Å². The first-order chi connectivity index (χ1) is 6.92. The highest BCUT2D eigenvalue weighted by molar-refractivity contribution is 5.36. The number of nitrogens with zero attached hydrogens (tertiary/aromatic N) is 4. The Morgan fingerprint density at radius 1 is 1.50 bits per heavy atom. The summed E-state index contributed by atoms with van der Waals surface area (Å²) in [6.45, 7) is 1.69. The highest BCUT2D eigenvalue weighted by Crippen LogP contribution is 2.20. The van der Waals surface area contributed by atoms with Crippen molar-refractivity contribution >= 4 is 5.82 Å². The molecule has 1 aromatic rings. The van der Waals surface area contributed by atoms with Crippen molar-refractivity contribution in [2.75, 3.05) is 18.0 Å². The molecule has 2 rings (SSSR count). The summed E-state index contributed by atoms with van der Waals surface area (Å²) < 4.78 is 0. The molecule has 0 radical (unpaired) electrons. The molecular formula is C9H15N5. The lowest BCUT2D eigenvalue weighted by atomic mass is 10.0. The molecule has 5 heteroatoms. The van der Waals surface area contributed by atoms with Gasteiger partial charge in [-0.25, -0.2) is 4.98 Å². The van der Waals surface area contributed by atoms with E-state index in [0.29, 0.717) is 12.6 Å². The summed E-state index contributed by atoms with van der Waals surface area (Å²) in [4.78, 5) is 6.18. The molecule has 76 valence electrons. The fraction of sp³-hybridized carbons (Fsp3) is 0.667. The average molecular weight is 193 g/mol. The molecule has 1 fully saturated rings. The van der Waals surface area contributed by atoms with E-state index in [1.165, 1.54) is 19.2 Å². The van der Waals surface area contributed by atoms with E-state index in [1.54, 1.807) is 6.20 Å². The first-order valence-corrected chi connectivity index (χ1v) is 5.01. The van der Waals surface area contributed by atoms with E-state index in [9.17, 15) is 0 Å². The summed E-state index contributed by atoms with van der Waals surface area (Å²) in [5, 5.41) is 7.84. The molecule has 14 heavy (non-hydrogen) atoms. The van der Waals surface area contributed by atoms with Crippen molar-refractivity contribution < 1.29 is 0 Å². The Morgan fingerprint density at radius 2 is 2.43 bits per heavy atom. The lowest BCUT2D eigenvalue weighted by Gasteiger charge is -2.35. The van der Waals surface area contributed by atoms with Crippen LogP contribution in [0.15, 0.2) is 12.5 Å². The quantitative estimate of drug-likeness (QED) is 0.726. The van der Waals surface area contributed by atoms with Crippen LogP contribution in [0.25, 0.3) is 0 Å². The zero-order chi connectivity index (χ0) is 9.80. The predicted octanol–water partition coefficient (Wildman–Crippen LogP) is 0.189. The largest absolute Gasteiger partial charge is 0.350 e. The van der Waals surface area contributed by atoms with Crippen LogP contribution in [0.5, 0.6) is 0 Å². The number of hydrogen-bond donors (Lipinski definition) is 1. The van der Waals surface area contributed by atoms with Gasteiger partial charge < -0.3 is 10.6 Å². The van der Waals surface area contributed by atoms with E-state index >= 15 is 0 Å². The number of hydrogen-bond acceptors (Lipinski definition) is 5. The molecule has 1 atom stereocenters. The normalized spacial score (nSPS) is 22.4. The Morgan fingerprint density at radius 3 is 3.14 bits per heavy atom. The van der Waals surface area contributed by atoms with Crippen molar-refractivity contribution in [3.8, 4) is 0 Å². The second kappa shape index (κ2) is 4.32. The van der Waals surface area contributed by atoms with Crippen LogP contribution in [0.2, 0.25) is 0 Å². The molecule has 0 saturated carbocycles. The van der Waals surface area contributed by atoms with Gasteiger partial charge in [-0.3, -0.25) is 0 Å². The predicted molar refractivity (Wildman–Crippen MR) is 53.9 cm³/mol. The Hall–Kier alpha value is -1.23. The molecule has 1 saturated heterocycles. The van der Waals surface area contributed by atoms with Gasteiger partial charge in [0.1, 0.15) is 6.33 Å². The molecule has 0 bridgehead atoms. The van der Waals surface area contributed by atoms with Gasteiger partial charge in [0.2, 0.25) is 0 Å². The highest BCUT2D eigenvalue weighted by atomic mass is 15.3. The van der Waals surface area contributed by atoms with Gasteiger partial charge in [-0.05, 0) is 19.3 Å². The number of nitrogens with two attached hydrogens (primary N) is 1. The fourth-order valence-electron chi connectivity index (χ4n) is 1.92. The first-order valence-electron chi connectivity index (χ1n) is 5.01. The molecule has 0 aliphatic carbocycles. The van der Waals surface area contributed by atoms with Crippen LogP contribution in [0.3, 0.4) is 0 Å². The molecular weight excluding hydrogens is 178 g/mol. The zero-order valence-corrected chi connectivity index (χ0v) is 8.13. The molecule has 1 aromatic heterocycles. The third-order valence-corrected chi connectivity index (χ3v) is 2.66. The van der Waals surface area contributed by atoms with Gasteiger partial charge in [-0.15, -0.1) is 10.2 Å².